The number of hydrogen-bond acceptors (Lipinski definition) is 6. The van der Waals surface area contributed by atoms with Crippen LogP contribution in [-0.4, -0.2) is 29.5 Å². The van der Waals surface area contributed by atoms with E-state index in [1.54, 1.807) is 0 Å². The molecule has 1 fully saturated rings. The summed E-state index contributed by atoms with van der Waals surface area (Å²) in [5.74, 6) is 0.503. The van der Waals surface area contributed by atoms with Crippen molar-refractivity contribution >= 4 is 12.0 Å². The Hall–Kier alpha value is -1.30. The van der Waals surface area contributed by atoms with E-state index in [4.69, 9.17) is 14.9 Å². The maximum absolute atomic E-state index is 5.30. The van der Waals surface area contributed by atoms with Crippen molar-refractivity contribution in [3.8, 4) is 0 Å². The van der Waals surface area contributed by atoms with Crippen LogP contribution in [0.15, 0.2) is 4.42 Å². The zero-order valence-electron chi connectivity index (χ0n) is 8.06. The molecule has 1 aromatic heterocycles. The standard InChI is InChI=1S/C8H14N4O2/c1-5(6-2-3-13-4-6)10-8-12-11-7(9)14-8/h5-6H,2-4H2,1H3,(H2,9,11)(H,10,12). The van der Waals surface area contributed by atoms with Gasteiger partial charge in [-0.3, -0.25) is 0 Å². The summed E-state index contributed by atoms with van der Waals surface area (Å²) in [6.45, 7) is 3.69. The predicted octanol–water partition coefficient (Wildman–Crippen LogP) is 0.489. The fourth-order valence-corrected chi connectivity index (χ4v) is 1.55. The van der Waals surface area contributed by atoms with Crippen molar-refractivity contribution in [2.24, 2.45) is 5.92 Å². The molecule has 6 nitrogen and oxygen atoms in total. The number of ether oxygens (including phenoxy) is 1. The van der Waals surface area contributed by atoms with Crippen molar-refractivity contribution in [2.75, 3.05) is 24.3 Å². The minimum absolute atomic E-state index is 0.0855. The zero-order valence-corrected chi connectivity index (χ0v) is 8.06. The fourth-order valence-electron chi connectivity index (χ4n) is 1.55. The maximum atomic E-state index is 5.30. The van der Waals surface area contributed by atoms with Crippen LogP contribution in [0.2, 0.25) is 0 Å². The van der Waals surface area contributed by atoms with Crippen LogP contribution in [0.3, 0.4) is 0 Å². The van der Waals surface area contributed by atoms with Crippen molar-refractivity contribution in [3.05, 3.63) is 0 Å². The Balaban J connectivity index is 1.90. The van der Waals surface area contributed by atoms with Crippen LogP contribution in [-0.2, 0) is 4.74 Å². The Morgan fingerprint density at radius 3 is 3.00 bits per heavy atom. The normalized spacial score (nSPS) is 23.6. The number of anilines is 2. The van der Waals surface area contributed by atoms with E-state index in [1.165, 1.54) is 0 Å². The minimum Gasteiger partial charge on any atom is -0.390 e. The smallest absolute Gasteiger partial charge is 0.317 e. The van der Waals surface area contributed by atoms with E-state index in [9.17, 15) is 0 Å². The molecule has 0 spiro atoms. The Bertz CT molecular complexity index is 295. The van der Waals surface area contributed by atoms with Gasteiger partial charge in [-0.1, -0.05) is 10.2 Å². The first-order valence-electron chi connectivity index (χ1n) is 4.69. The number of nitrogen functional groups attached to an aromatic ring is 1. The summed E-state index contributed by atoms with van der Waals surface area (Å²) in [5.41, 5.74) is 5.30. The summed E-state index contributed by atoms with van der Waals surface area (Å²) in [6, 6.07) is 0.724. The van der Waals surface area contributed by atoms with Gasteiger partial charge in [0.15, 0.2) is 0 Å². The largest absolute Gasteiger partial charge is 0.390 e. The molecule has 78 valence electrons. The zero-order chi connectivity index (χ0) is 9.97. The summed E-state index contributed by atoms with van der Waals surface area (Å²) < 4.78 is 10.3. The molecule has 1 aliphatic heterocycles. The van der Waals surface area contributed by atoms with Crippen LogP contribution >= 0.6 is 0 Å². The summed E-state index contributed by atoms with van der Waals surface area (Å²) in [6.07, 6.45) is 1.07. The molecule has 0 radical (unpaired) electrons. The fraction of sp³-hybridized carbons (Fsp3) is 0.750. The lowest BCUT2D eigenvalue weighted by Crippen LogP contribution is -2.26. The lowest BCUT2D eigenvalue weighted by atomic mass is 10.0. The van der Waals surface area contributed by atoms with E-state index in [0.29, 0.717) is 11.9 Å². The first-order chi connectivity index (χ1) is 6.75. The molecule has 1 saturated heterocycles. The van der Waals surface area contributed by atoms with Gasteiger partial charge in [-0.2, -0.15) is 0 Å². The molecule has 14 heavy (non-hydrogen) atoms. The number of aromatic nitrogens is 2. The third kappa shape index (κ3) is 1.95. The average molecular weight is 198 g/mol. The van der Waals surface area contributed by atoms with Crippen molar-refractivity contribution in [2.45, 2.75) is 19.4 Å². The number of nitrogens with zero attached hydrogens (tertiary/aromatic N) is 2. The Morgan fingerprint density at radius 2 is 2.43 bits per heavy atom. The van der Waals surface area contributed by atoms with Gasteiger partial charge in [0, 0.05) is 18.6 Å². The van der Waals surface area contributed by atoms with Crippen LogP contribution in [0.25, 0.3) is 0 Å². The first-order valence-corrected chi connectivity index (χ1v) is 4.69. The second-order valence-electron chi connectivity index (χ2n) is 3.50. The number of nitrogens with two attached hydrogens (primary N) is 1. The van der Waals surface area contributed by atoms with Crippen molar-refractivity contribution < 1.29 is 9.15 Å². The maximum Gasteiger partial charge on any atom is 0.317 e. The molecule has 6 heteroatoms. The van der Waals surface area contributed by atoms with E-state index in [2.05, 4.69) is 22.4 Å². The van der Waals surface area contributed by atoms with Gasteiger partial charge < -0.3 is 20.2 Å². The second-order valence-corrected chi connectivity index (χ2v) is 3.50. The van der Waals surface area contributed by atoms with Gasteiger partial charge in [-0.15, -0.1) is 0 Å². The highest BCUT2D eigenvalue weighted by Gasteiger charge is 2.23. The third-order valence-electron chi connectivity index (χ3n) is 2.46. The van der Waals surface area contributed by atoms with Gasteiger partial charge in [0.1, 0.15) is 0 Å². The molecule has 1 aromatic rings. The van der Waals surface area contributed by atoms with Gasteiger partial charge in [0.05, 0.1) is 6.61 Å². The number of nitrogens with one attached hydrogen (secondary N) is 1. The van der Waals surface area contributed by atoms with Gasteiger partial charge in [0.2, 0.25) is 0 Å². The Kier molecular flexibility index (Phi) is 2.53. The Morgan fingerprint density at radius 1 is 1.57 bits per heavy atom. The molecule has 2 unspecified atom stereocenters. The van der Waals surface area contributed by atoms with Crippen LogP contribution in [0.4, 0.5) is 12.0 Å². The summed E-state index contributed by atoms with van der Waals surface area (Å²) in [4.78, 5) is 0. The molecule has 1 aliphatic rings. The SMILES string of the molecule is CC(Nc1nnc(N)o1)C1CCOC1. The Labute approximate surface area is 81.8 Å². The topological polar surface area (TPSA) is 86.2 Å². The first kappa shape index (κ1) is 9.26. The molecule has 0 saturated carbocycles. The van der Waals surface area contributed by atoms with E-state index in [-0.39, 0.29) is 12.1 Å². The molecule has 3 N–H and O–H groups in total. The predicted molar refractivity (Wildman–Crippen MR) is 50.7 cm³/mol. The van der Waals surface area contributed by atoms with E-state index in [1.807, 2.05) is 0 Å². The van der Waals surface area contributed by atoms with E-state index < -0.39 is 0 Å². The quantitative estimate of drug-likeness (QED) is 0.735. The molecule has 2 rings (SSSR count). The highest BCUT2D eigenvalue weighted by molar-refractivity contribution is 5.24. The van der Waals surface area contributed by atoms with Crippen LogP contribution in [0.5, 0.6) is 0 Å². The molecular weight excluding hydrogens is 184 g/mol. The lowest BCUT2D eigenvalue weighted by Gasteiger charge is -2.17. The van der Waals surface area contributed by atoms with Gasteiger partial charge in [-0.05, 0) is 13.3 Å². The number of hydrogen-bond donors (Lipinski definition) is 2. The number of rotatable bonds is 3. The van der Waals surface area contributed by atoms with E-state index in [0.717, 1.165) is 19.6 Å². The molecule has 0 aliphatic carbocycles. The molecule has 0 aromatic carbocycles. The molecule has 2 atom stereocenters. The highest BCUT2D eigenvalue weighted by Crippen LogP contribution is 2.19. The molecule has 0 bridgehead atoms. The summed E-state index contributed by atoms with van der Waals surface area (Å²) in [7, 11) is 0. The average Bonchev–Trinajstić information content (AvgIpc) is 2.75. The highest BCUT2D eigenvalue weighted by atomic mass is 16.5. The lowest BCUT2D eigenvalue weighted by molar-refractivity contribution is 0.183. The second kappa shape index (κ2) is 3.83. The third-order valence-corrected chi connectivity index (χ3v) is 2.46. The van der Waals surface area contributed by atoms with Gasteiger partial charge in [-0.25, -0.2) is 0 Å². The van der Waals surface area contributed by atoms with Gasteiger partial charge in [0.25, 0.3) is 0 Å². The monoisotopic (exact) mass is 198 g/mol. The van der Waals surface area contributed by atoms with Crippen LogP contribution < -0.4 is 11.1 Å². The van der Waals surface area contributed by atoms with Crippen LogP contribution in [0.1, 0.15) is 13.3 Å². The molecular formula is C8H14N4O2. The minimum atomic E-state index is 0.0855. The van der Waals surface area contributed by atoms with Crippen molar-refractivity contribution in [3.63, 3.8) is 0 Å². The van der Waals surface area contributed by atoms with Gasteiger partial charge >= 0.3 is 12.0 Å². The summed E-state index contributed by atoms with van der Waals surface area (Å²) in [5, 5.41) is 10.4. The van der Waals surface area contributed by atoms with E-state index >= 15 is 0 Å². The molecule has 2 heterocycles. The van der Waals surface area contributed by atoms with Crippen LogP contribution in [0, 0.1) is 5.92 Å². The van der Waals surface area contributed by atoms with Crippen molar-refractivity contribution in [1.82, 2.24) is 10.2 Å². The van der Waals surface area contributed by atoms with Crippen molar-refractivity contribution in [1.29, 1.82) is 0 Å². The molecule has 0 amide bonds. The summed E-state index contributed by atoms with van der Waals surface area (Å²) >= 11 is 0.